The number of aromatic nitrogens is 2. The lowest BCUT2D eigenvalue weighted by Gasteiger charge is -2.24. The third-order valence-electron chi connectivity index (χ3n) is 2.52. The number of ether oxygens (including phenoxy) is 1. The molecule has 0 fully saturated rings. The molecular formula is C10H13ClN2O2. The second-order valence-corrected chi connectivity index (χ2v) is 3.73. The molecule has 0 aliphatic heterocycles. The molecule has 4 nitrogen and oxygen atoms in total. The first-order chi connectivity index (χ1) is 7.06. The Bertz CT molecular complexity index is 370. The Balaban J connectivity index is 3.23. The van der Waals surface area contributed by atoms with Crippen LogP contribution >= 0.6 is 11.6 Å². The molecule has 0 N–H and O–H groups in total. The van der Waals surface area contributed by atoms with Gasteiger partial charge in [0.2, 0.25) is 0 Å². The minimum Gasteiger partial charge on any atom is -0.468 e. The maximum absolute atomic E-state index is 11.7. The maximum atomic E-state index is 11.7. The zero-order chi connectivity index (χ0) is 11.5. The quantitative estimate of drug-likeness (QED) is 0.743. The molecule has 1 heterocycles. The molecule has 5 heteroatoms. The SMILES string of the molecule is CCC(C)(C(=O)OC)c1nccnc1Cl. The normalized spacial score (nSPS) is 14.4. The highest BCUT2D eigenvalue weighted by molar-refractivity contribution is 6.30. The van der Waals surface area contributed by atoms with Crippen molar-refractivity contribution in [1.82, 2.24) is 9.97 Å². The van der Waals surface area contributed by atoms with Gasteiger partial charge in [-0.15, -0.1) is 0 Å². The van der Waals surface area contributed by atoms with E-state index in [2.05, 4.69) is 9.97 Å². The molecule has 1 unspecified atom stereocenters. The lowest BCUT2D eigenvalue weighted by Crippen LogP contribution is -2.34. The van der Waals surface area contributed by atoms with Crippen molar-refractivity contribution in [2.75, 3.05) is 7.11 Å². The number of carbonyl (C=O) groups excluding carboxylic acids is 1. The highest BCUT2D eigenvalue weighted by Crippen LogP contribution is 2.30. The van der Waals surface area contributed by atoms with Crippen LogP contribution in [0.1, 0.15) is 26.0 Å². The summed E-state index contributed by atoms with van der Waals surface area (Å²) in [4.78, 5) is 19.7. The summed E-state index contributed by atoms with van der Waals surface area (Å²) in [6.45, 7) is 3.62. The number of methoxy groups -OCH3 is 1. The van der Waals surface area contributed by atoms with Gasteiger partial charge in [-0.3, -0.25) is 9.78 Å². The average Bonchev–Trinajstić information content (AvgIpc) is 2.27. The number of halogens is 1. The van der Waals surface area contributed by atoms with E-state index in [1.54, 1.807) is 6.92 Å². The molecule has 0 amide bonds. The van der Waals surface area contributed by atoms with E-state index in [4.69, 9.17) is 16.3 Å². The highest BCUT2D eigenvalue weighted by atomic mass is 35.5. The molecule has 15 heavy (non-hydrogen) atoms. The summed E-state index contributed by atoms with van der Waals surface area (Å²) >= 11 is 5.91. The second kappa shape index (κ2) is 4.57. The summed E-state index contributed by atoms with van der Waals surface area (Å²) < 4.78 is 4.75. The molecule has 0 radical (unpaired) electrons. The molecule has 0 saturated carbocycles. The molecule has 0 spiro atoms. The Labute approximate surface area is 93.6 Å². The van der Waals surface area contributed by atoms with Crippen LogP contribution in [-0.2, 0) is 14.9 Å². The molecule has 0 aliphatic rings. The van der Waals surface area contributed by atoms with E-state index >= 15 is 0 Å². The number of nitrogens with zero attached hydrogens (tertiary/aromatic N) is 2. The Morgan fingerprint density at radius 3 is 2.60 bits per heavy atom. The zero-order valence-electron chi connectivity index (χ0n) is 8.95. The minimum absolute atomic E-state index is 0.243. The van der Waals surface area contributed by atoms with Crippen molar-refractivity contribution in [2.24, 2.45) is 0 Å². The number of hydrogen-bond acceptors (Lipinski definition) is 4. The standard InChI is InChI=1S/C10H13ClN2O2/c1-4-10(2,9(14)15-3)7-8(11)13-6-5-12-7/h5-6H,4H2,1-3H3. The lowest BCUT2D eigenvalue weighted by molar-refractivity contribution is -0.147. The number of hydrogen-bond donors (Lipinski definition) is 0. The van der Waals surface area contributed by atoms with E-state index in [1.165, 1.54) is 19.5 Å². The van der Waals surface area contributed by atoms with Crippen LogP contribution in [-0.4, -0.2) is 23.0 Å². The third kappa shape index (κ3) is 2.09. The summed E-state index contributed by atoms with van der Waals surface area (Å²) in [5, 5.41) is 0.243. The Kier molecular flexibility index (Phi) is 3.63. The van der Waals surface area contributed by atoms with Crippen LogP contribution in [0.3, 0.4) is 0 Å². The molecule has 0 aliphatic carbocycles. The fraction of sp³-hybridized carbons (Fsp3) is 0.500. The van der Waals surface area contributed by atoms with Gasteiger partial charge in [-0.25, -0.2) is 4.98 Å². The lowest BCUT2D eigenvalue weighted by atomic mass is 9.84. The van der Waals surface area contributed by atoms with E-state index < -0.39 is 5.41 Å². The van der Waals surface area contributed by atoms with Gasteiger partial charge in [-0.2, -0.15) is 0 Å². The van der Waals surface area contributed by atoms with Crippen LogP contribution in [0.15, 0.2) is 12.4 Å². The number of carbonyl (C=O) groups is 1. The summed E-state index contributed by atoms with van der Waals surface area (Å²) in [7, 11) is 1.35. The third-order valence-corrected chi connectivity index (χ3v) is 2.80. The van der Waals surface area contributed by atoms with Crippen LogP contribution in [0, 0.1) is 0 Å². The van der Waals surface area contributed by atoms with E-state index in [0.717, 1.165) is 0 Å². The van der Waals surface area contributed by atoms with Crippen molar-refractivity contribution in [3.05, 3.63) is 23.2 Å². The van der Waals surface area contributed by atoms with Crippen LogP contribution < -0.4 is 0 Å². The molecule has 0 saturated heterocycles. The predicted octanol–water partition coefficient (Wildman–Crippen LogP) is 1.97. The second-order valence-electron chi connectivity index (χ2n) is 3.37. The highest BCUT2D eigenvalue weighted by Gasteiger charge is 2.38. The van der Waals surface area contributed by atoms with E-state index in [1.807, 2.05) is 6.92 Å². The average molecular weight is 229 g/mol. The molecule has 1 aromatic heterocycles. The number of esters is 1. The van der Waals surface area contributed by atoms with Gasteiger partial charge in [0, 0.05) is 12.4 Å². The van der Waals surface area contributed by atoms with Gasteiger partial charge in [-0.05, 0) is 13.3 Å². The molecule has 1 rings (SSSR count). The van der Waals surface area contributed by atoms with Gasteiger partial charge >= 0.3 is 5.97 Å². The van der Waals surface area contributed by atoms with E-state index in [0.29, 0.717) is 12.1 Å². The van der Waals surface area contributed by atoms with Gasteiger partial charge < -0.3 is 4.74 Å². The zero-order valence-corrected chi connectivity index (χ0v) is 9.71. The van der Waals surface area contributed by atoms with Crippen molar-refractivity contribution < 1.29 is 9.53 Å². The summed E-state index contributed by atoms with van der Waals surface area (Å²) in [5.41, 5.74) is -0.374. The van der Waals surface area contributed by atoms with E-state index in [9.17, 15) is 4.79 Å². The van der Waals surface area contributed by atoms with Crippen LogP contribution in [0.4, 0.5) is 0 Å². The van der Waals surface area contributed by atoms with Crippen molar-refractivity contribution in [2.45, 2.75) is 25.7 Å². The minimum atomic E-state index is -0.833. The summed E-state index contributed by atoms with van der Waals surface area (Å²) in [6, 6.07) is 0. The summed E-state index contributed by atoms with van der Waals surface area (Å²) in [5.74, 6) is -0.354. The topological polar surface area (TPSA) is 52.1 Å². The molecule has 0 bridgehead atoms. The predicted molar refractivity (Wildman–Crippen MR) is 56.7 cm³/mol. The smallest absolute Gasteiger partial charge is 0.317 e. The van der Waals surface area contributed by atoms with Crippen molar-refractivity contribution >= 4 is 17.6 Å². The molecular weight excluding hydrogens is 216 g/mol. The van der Waals surface area contributed by atoms with Crippen molar-refractivity contribution in [1.29, 1.82) is 0 Å². The summed E-state index contributed by atoms with van der Waals surface area (Å²) in [6.07, 6.45) is 3.55. The van der Waals surface area contributed by atoms with Crippen molar-refractivity contribution in [3.8, 4) is 0 Å². The van der Waals surface area contributed by atoms with Crippen molar-refractivity contribution in [3.63, 3.8) is 0 Å². The first-order valence-corrected chi connectivity index (χ1v) is 4.99. The first kappa shape index (κ1) is 11.9. The van der Waals surface area contributed by atoms with Gasteiger partial charge in [0.15, 0.2) is 5.15 Å². The van der Waals surface area contributed by atoms with Crippen LogP contribution in [0.2, 0.25) is 5.15 Å². The van der Waals surface area contributed by atoms with Gasteiger partial charge in [0.25, 0.3) is 0 Å². The molecule has 1 aromatic rings. The van der Waals surface area contributed by atoms with Crippen LogP contribution in [0.25, 0.3) is 0 Å². The molecule has 82 valence electrons. The maximum Gasteiger partial charge on any atom is 0.317 e. The Hall–Kier alpha value is -1.16. The molecule has 0 aromatic carbocycles. The fourth-order valence-electron chi connectivity index (χ4n) is 1.32. The Morgan fingerprint density at radius 1 is 1.53 bits per heavy atom. The largest absolute Gasteiger partial charge is 0.468 e. The van der Waals surface area contributed by atoms with Crippen LogP contribution in [0.5, 0.6) is 0 Å². The Morgan fingerprint density at radius 2 is 2.13 bits per heavy atom. The van der Waals surface area contributed by atoms with Gasteiger partial charge in [0.1, 0.15) is 5.41 Å². The fourth-order valence-corrected chi connectivity index (χ4v) is 1.64. The van der Waals surface area contributed by atoms with Gasteiger partial charge in [0.05, 0.1) is 12.8 Å². The van der Waals surface area contributed by atoms with Gasteiger partial charge in [-0.1, -0.05) is 18.5 Å². The monoisotopic (exact) mass is 228 g/mol. The van der Waals surface area contributed by atoms with E-state index in [-0.39, 0.29) is 11.1 Å². The first-order valence-electron chi connectivity index (χ1n) is 4.61. The molecule has 1 atom stereocenters. The number of rotatable bonds is 3.